The van der Waals surface area contributed by atoms with Gasteiger partial charge in [0, 0.05) is 66.5 Å². The van der Waals surface area contributed by atoms with Crippen molar-refractivity contribution in [2.24, 2.45) is 0 Å². The number of hydrogen-bond donors (Lipinski definition) is 2. The molecule has 0 aromatic carbocycles. The van der Waals surface area contributed by atoms with Crippen LogP contribution >= 0.6 is 0 Å². The van der Waals surface area contributed by atoms with Crippen LogP contribution in [-0.2, 0) is 0 Å². The van der Waals surface area contributed by atoms with Gasteiger partial charge in [0.2, 0.25) is 0 Å². The molecule has 1 fully saturated rings. The highest BCUT2D eigenvalue weighted by Gasteiger charge is 2.17. The number of nitrogens with one attached hydrogen (secondary N) is 2. The lowest BCUT2D eigenvalue weighted by atomic mass is 10.00. The Morgan fingerprint density at radius 1 is 1.08 bits per heavy atom. The zero-order valence-corrected chi connectivity index (χ0v) is 22.9. The fourth-order valence-electron chi connectivity index (χ4n) is 5.15. The molecule has 4 aromatic rings. The van der Waals surface area contributed by atoms with Gasteiger partial charge in [0.05, 0.1) is 29.3 Å². The van der Waals surface area contributed by atoms with Crippen LogP contribution in [0.2, 0.25) is 0 Å². The molecule has 5 rings (SSSR count). The van der Waals surface area contributed by atoms with Crippen LogP contribution in [0.5, 0.6) is 0 Å². The van der Waals surface area contributed by atoms with Crippen molar-refractivity contribution in [3.8, 4) is 0 Å². The molecule has 0 atom stereocenters. The Morgan fingerprint density at radius 3 is 2.61 bits per heavy atom. The van der Waals surface area contributed by atoms with Crippen molar-refractivity contribution in [2.75, 3.05) is 36.4 Å². The lowest BCUT2D eigenvalue weighted by Crippen LogP contribution is -2.43. The molecule has 0 saturated carbocycles. The SMILES string of the molecule is C=C(Nc1cnc(C)c(/C(=C\C)c2cc3c(cn2)nc(C)n3C(C)C)c1)c1ccnc(N2CCNCC2)c1. The maximum atomic E-state index is 4.78. The number of hydrogen-bond acceptors (Lipinski definition) is 7. The molecular formula is C30H36N8. The van der Waals surface area contributed by atoms with E-state index in [1.165, 1.54) is 0 Å². The molecular weight excluding hydrogens is 472 g/mol. The second kappa shape index (κ2) is 10.8. The van der Waals surface area contributed by atoms with Crippen LogP contribution in [0.4, 0.5) is 11.5 Å². The summed E-state index contributed by atoms with van der Waals surface area (Å²) in [6.07, 6.45) is 7.67. The maximum Gasteiger partial charge on any atom is 0.129 e. The molecule has 1 aliphatic rings. The summed E-state index contributed by atoms with van der Waals surface area (Å²) >= 11 is 0. The van der Waals surface area contributed by atoms with E-state index in [0.717, 1.165) is 88.3 Å². The van der Waals surface area contributed by atoms with E-state index >= 15 is 0 Å². The summed E-state index contributed by atoms with van der Waals surface area (Å²) in [6.45, 7) is 18.6. The third kappa shape index (κ3) is 5.04. The highest BCUT2D eigenvalue weighted by atomic mass is 15.2. The van der Waals surface area contributed by atoms with Gasteiger partial charge in [-0.05, 0) is 58.9 Å². The van der Waals surface area contributed by atoms with Gasteiger partial charge in [0.15, 0.2) is 0 Å². The summed E-state index contributed by atoms with van der Waals surface area (Å²) in [6, 6.07) is 8.65. The average Bonchev–Trinajstić information content (AvgIpc) is 3.26. The third-order valence-corrected chi connectivity index (χ3v) is 7.04. The van der Waals surface area contributed by atoms with Crippen LogP contribution < -0.4 is 15.5 Å². The van der Waals surface area contributed by atoms with Crippen molar-refractivity contribution in [1.29, 1.82) is 0 Å². The first kappa shape index (κ1) is 25.6. The van der Waals surface area contributed by atoms with Gasteiger partial charge in [-0.3, -0.25) is 9.97 Å². The number of anilines is 2. The van der Waals surface area contributed by atoms with E-state index in [9.17, 15) is 0 Å². The normalized spacial score (nSPS) is 14.4. The lowest BCUT2D eigenvalue weighted by Gasteiger charge is -2.28. The number of nitrogens with zero attached hydrogens (tertiary/aromatic N) is 6. The van der Waals surface area contributed by atoms with E-state index in [-0.39, 0.29) is 0 Å². The smallest absolute Gasteiger partial charge is 0.129 e. The van der Waals surface area contributed by atoms with E-state index in [1.54, 1.807) is 0 Å². The fraction of sp³-hybridized carbons (Fsp3) is 0.333. The molecule has 1 saturated heterocycles. The van der Waals surface area contributed by atoms with Gasteiger partial charge < -0.3 is 20.1 Å². The highest BCUT2D eigenvalue weighted by Crippen LogP contribution is 2.30. The Kier molecular flexibility index (Phi) is 7.24. The molecule has 8 heteroatoms. The zero-order valence-electron chi connectivity index (χ0n) is 22.9. The van der Waals surface area contributed by atoms with E-state index in [4.69, 9.17) is 15.0 Å². The van der Waals surface area contributed by atoms with Crippen LogP contribution in [0.3, 0.4) is 0 Å². The Labute approximate surface area is 224 Å². The van der Waals surface area contributed by atoms with Crippen LogP contribution in [0.1, 0.15) is 55.2 Å². The molecule has 2 N–H and O–H groups in total. The number of fused-ring (bicyclic) bond motifs is 1. The molecule has 0 unspecified atom stereocenters. The van der Waals surface area contributed by atoms with Crippen molar-refractivity contribution in [2.45, 2.75) is 40.7 Å². The quantitative estimate of drug-likeness (QED) is 0.348. The van der Waals surface area contributed by atoms with Crippen LogP contribution in [0.25, 0.3) is 22.3 Å². The van der Waals surface area contributed by atoms with Gasteiger partial charge in [-0.25, -0.2) is 9.97 Å². The molecule has 0 radical (unpaired) electrons. The van der Waals surface area contributed by atoms with Gasteiger partial charge >= 0.3 is 0 Å². The number of aryl methyl sites for hydroxylation is 2. The van der Waals surface area contributed by atoms with Crippen LogP contribution in [-0.4, -0.2) is 50.7 Å². The molecule has 0 bridgehead atoms. The van der Waals surface area contributed by atoms with Crippen molar-refractivity contribution >= 4 is 33.8 Å². The fourth-order valence-corrected chi connectivity index (χ4v) is 5.15. The molecule has 0 amide bonds. The minimum atomic E-state index is 0.312. The van der Waals surface area contributed by atoms with Gasteiger partial charge in [0.1, 0.15) is 17.2 Å². The van der Waals surface area contributed by atoms with Gasteiger partial charge in [-0.15, -0.1) is 0 Å². The van der Waals surface area contributed by atoms with E-state index in [0.29, 0.717) is 6.04 Å². The number of rotatable bonds is 7. The first-order valence-electron chi connectivity index (χ1n) is 13.2. The summed E-state index contributed by atoms with van der Waals surface area (Å²) in [5.74, 6) is 1.97. The number of piperazine rings is 1. The van der Waals surface area contributed by atoms with Crippen LogP contribution in [0.15, 0.2) is 55.5 Å². The summed E-state index contributed by atoms with van der Waals surface area (Å²) in [5, 5.41) is 6.85. The molecule has 38 heavy (non-hydrogen) atoms. The third-order valence-electron chi connectivity index (χ3n) is 7.04. The predicted octanol–water partition coefficient (Wildman–Crippen LogP) is 5.36. The zero-order chi connectivity index (χ0) is 26.8. The molecule has 196 valence electrons. The maximum absolute atomic E-state index is 4.78. The number of imidazole rings is 1. The Bertz CT molecular complexity index is 1510. The second-order valence-corrected chi connectivity index (χ2v) is 9.98. The number of aromatic nitrogens is 5. The first-order valence-corrected chi connectivity index (χ1v) is 13.2. The average molecular weight is 509 g/mol. The first-order chi connectivity index (χ1) is 18.4. The molecule has 8 nitrogen and oxygen atoms in total. The van der Waals surface area contributed by atoms with Gasteiger partial charge in [-0.2, -0.15) is 0 Å². The Hall–Kier alpha value is -4.04. The predicted molar refractivity (Wildman–Crippen MR) is 156 cm³/mol. The summed E-state index contributed by atoms with van der Waals surface area (Å²) in [5.41, 5.74) is 8.59. The van der Waals surface area contributed by atoms with Crippen molar-refractivity contribution < 1.29 is 0 Å². The molecule has 4 aromatic heterocycles. The van der Waals surface area contributed by atoms with Crippen molar-refractivity contribution in [3.05, 3.63) is 83.9 Å². The minimum absolute atomic E-state index is 0.312. The van der Waals surface area contributed by atoms with E-state index in [1.807, 2.05) is 45.4 Å². The molecule has 5 heterocycles. The summed E-state index contributed by atoms with van der Waals surface area (Å²) < 4.78 is 2.25. The molecule has 0 aliphatic carbocycles. The highest BCUT2D eigenvalue weighted by molar-refractivity contribution is 5.86. The number of allylic oxidation sites excluding steroid dienone is 1. The van der Waals surface area contributed by atoms with E-state index < -0.39 is 0 Å². The van der Waals surface area contributed by atoms with Crippen molar-refractivity contribution in [1.82, 2.24) is 29.8 Å². The Balaban J connectivity index is 1.43. The van der Waals surface area contributed by atoms with Gasteiger partial charge in [-0.1, -0.05) is 12.7 Å². The van der Waals surface area contributed by atoms with Crippen molar-refractivity contribution in [3.63, 3.8) is 0 Å². The summed E-state index contributed by atoms with van der Waals surface area (Å²) in [4.78, 5) is 21.1. The minimum Gasteiger partial charge on any atom is -0.354 e. The largest absolute Gasteiger partial charge is 0.354 e. The van der Waals surface area contributed by atoms with E-state index in [2.05, 4.69) is 69.8 Å². The monoisotopic (exact) mass is 508 g/mol. The molecule has 1 aliphatic heterocycles. The number of pyridine rings is 3. The summed E-state index contributed by atoms with van der Waals surface area (Å²) in [7, 11) is 0. The Morgan fingerprint density at radius 2 is 1.87 bits per heavy atom. The second-order valence-electron chi connectivity index (χ2n) is 9.98. The van der Waals surface area contributed by atoms with Crippen LogP contribution in [0, 0.1) is 13.8 Å². The standard InChI is InChI=1S/C30H36N8/c1-7-25(27-16-29-28(18-34-27)36-22(6)38(29)19(2)3)26-15-24(17-33-21(26)5)35-20(4)23-8-9-32-30(14-23)37-12-10-31-11-13-37/h7-9,14-19,31,35H,4,10-13H2,1-3,5-6H3/b25-7+. The topological polar surface area (TPSA) is 83.8 Å². The molecule has 0 spiro atoms. The van der Waals surface area contributed by atoms with Gasteiger partial charge in [0.25, 0.3) is 0 Å². The lowest BCUT2D eigenvalue weighted by molar-refractivity contribution is 0.585.